The number of benzene rings is 2. The lowest BCUT2D eigenvalue weighted by molar-refractivity contribution is -0.384. The van der Waals surface area contributed by atoms with Gasteiger partial charge in [0.1, 0.15) is 5.69 Å². The first kappa shape index (κ1) is 21.5. The number of nitro groups is 1. The fraction of sp³-hybridized carbons (Fsp3) is 0.227. The van der Waals surface area contributed by atoms with Gasteiger partial charge in [0.2, 0.25) is 5.91 Å². The summed E-state index contributed by atoms with van der Waals surface area (Å²) in [6, 6.07) is 14.7. The number of amides is 2. The number of primary amides is 1. The molecule has 0 bridgehead atoms. The van der Waals surface area contributed by atoms with Gasteiger partial charge in [-0.25, -0.2) is 4.68 Å². The minimum Gasteiger partial charge on any atom is -0.369 e. The van der Waals surface area contributed by atoms with Crippen molar-refractivity contribution < 1.29 is 14.5 Å². The fourth-order valence-electron chi connectivity index (χ4n) is 3.80. The first-order valence-electron chi connectivity index (χ1n) is 10.0. The highest BCUT2D eigenvalue weighted by molar-refractivity contribution is 6.33. The van der Waals surface area contributed by atoms with Crippen molar-refractivity contribution in [2.75, 3.05) is 13.1 Å². The molecular formula is C22H20ClN5O4. The van der Waals surface area contributed by atoms with E-state index in [1.54, 1.807) is 35.2 Å². The predicted octanol–water partition coefficient (Wildman–Crippen LogP) is 3.44. The molecule has 10 heteroatoms. The normalized spacial score (nSPS) is 14.3. The van der Waals surface area contributed by atoms with E-state index in [4.69, 9.17) is 17.3 Å². The first-order valence-corrected chi connectivity index (χ1v) is 10.4. The molecule has 0 aliphatic carbocycles. The number of nitro benzene ring substituents is 1. The van der Waals surface area contributed by atoms with Crippen molar-refractivity contribution in [2.45, 2.75) is 12.8 Å². The summed E-state index contributed by atoms with van der Waals surface area (Å²) in [6.45, 7) is 0.766. The number of carbonyl (C=O) groups excluding carboxylic acids is 2. The van der Waals surface area contributed by atoms with E-state index in [1.165, 1.54) is 22.9 Å². The van der Waals surface area contributed by atoms with E-state index in [1.807, 2.05) is 6.07 Å². The Hall–Kier alpha value is -3.72. The molecule has 0 radical (unpaired) electrons. The molecule has 3 aromatic rings. The average molecular weight is 454 g/mol. The van der Waals surface area contributed by atoms with E-state index in [-0.39, 0.29) is 29.1 Å². The summed E-state index contributed by atoms with van der Waals surface area (Å²) in [6.07, 6.45) is 0.979. The lowest BCUT2D eigenvalue weighted by Gasteiger charge is -2.30. The van der Waals surface area contributed by atoms with Crippen LogP contribution < -0.4 is 5.73 Å². The van der Waals surface area contributed by atoms with Crippen molar-refractivity contribution in [3.05, 3.63) is 75.4 Å². The topological polar surface area (TPSA) is 124 Å². The van der Waals surface area contributed by atoms with Crippen molar-refractivity contribution in [3.63, 3.8) is 0 Å². The molecule has 0 unspecified atom stereocenters. The van der Waals surface area contributed by atoms with Crippen LogP contribution in [0.2, 0.25) is 5.02 Å². The van der Waals surface area contributed by atoms with Crippen molar-refractivity contribution in [2.24, 2.45) is 11.7 Å². The van der Waals surface area contributed by atoms with Crippen LogP contribution in [-0.4, -0.2) is 44.5 Å². The summed E-state index contributed by atoms with van der Waals surface area (Å²) in [7, 11) is 0. The summed E-state index contributed by atoms with van der Waals surface area (Å²) < 4.78 is 1.40. The molecule has 1 fully saturated rings. The van der Waals surface area contributed by atoms with Crippen LogP contribution in [0.15, 0.2) is 54.6 Å². The van der Waals surface area contributed by atoms with Gasteiger partial charge in [-0.15, -0.1) is 0 Å². The second-order valence-corrected chi connectivity index (χ2v) is 7.96. The molecule has 1 aromatic heterocycles. The van der Waals surface area contributed by atoms with Gasteiger partial charge in [0.25, 0.3) is 11.6 Å². The number of hydrogen-bond donors (Lipinski definition) is 1. The highest BCUT2D eigenvalue weighted by Crippen LogP contribution is 2.30. The Kier molecular flexibility index (Phi) is 5.91. The van der Waals surface area contributed by atoms with Crippen molar-refractivity contribution >= 4 is 29.1 Å². The number of nitrogens with zero attached hydrogens (tertiary/aromatic N) is 4. The highest BCUT2D eigenvalue weighted by atomic mass is 35.5. The average Bonchev–Trinajstić information content (AvgIpc) is 3.24. The number of likely N-dealkylation sites (tertiary alicyclic amines) is 1. The molecule has 0 saturated carbocycles. The highest BCUT2D eigenvalue weighted by Gasteiger charge is 2.29. The quantitative estimate of drug-likeness (QED) is 0.468. The van der Waals surface area contributed by atoms with Gasteiger partial charge >= 0.3 is 0 Å². The molecule has 0 atom stereocenters. The number of carbonyl (C=O) groups is 2. The van der Waals surface area contributed by atoms with E-state index in [2.05, 4.69) is 5.10 Å². The molecule has 1 saturated heterocycles. The standard InChI is InChI=1S/C22H20ClN5O4/c23-18-7-2-1-6-17(18)19-13-20(22(30)26-10-8-14(9-11-26)21(24)29)27(25-19)15-4-3-5-16(12-15)28(31)32/h1-7,12-14H,8-11H2,(H2,24,29). The van der Waals surface area contributed by atoms with Crippen LogP contribution in [0.25, 0.3) is 16.9 Å². The van der Waals surface area contributed by atoms with Crippen molar-refractivity contribution in [1.29, 1.82) is 0 Å². The number of rotatable bonds is 5. The Morgan fingerprint density at radius 1 is 1.09 bits per heavy atom. The predicted molar refractivity (Wildman–Crippen MR) is 118 cm³/mol. The first-order chi connectivity index (χ1) is 15.3. The van der Waals surface area contributed by atoms with E-state index in [9.17, 15) is 19.7 Å². The summed E-state index contributed by atoms with van der Waals surface area (Å²) in [5.74, 6) is -0.899. The van der Waals surface area contributed by atoms with Crippen molar-refractivity contribution in [1.82, 2.24) is 14.7 Å². The van der Waals surface area contributed by atoms with Gasteiger partial charge in [-0.1, -0.05) is 35.9 Å². The molecule has 0 spiro atoms. The third-order valence-corrected chi connectivity index (χ3v) is 5.88. The summed E-state index contributed by atoms with van der Waals surface area (Å²) >= 11 is 6.33. The molecule has 2 aromatic carbocycles. The number of aromatic nitrogens is 2. The second-order valence-electron chi connectivity index (χ2n) is 7.55. The Labute approximate surface area is 188 Å². The van der Waals surface area contributed by atoms with Gasteiger partial charge in [0.05, 0.1) is 21.3 Å². The van der Waals surface area contributed by atoms with Crippen LogP contribution in [0.3, 0.4) is 0 Å². The smallest absolute Gasteiger partial charge is 0.272 e. The van der Waals surface area contributed by atoms with Crippen LogP contribution >= 0.6 is 11.6 Å². The van der Waals surface area contributed by atoms with Crippen LogP contribution in [0.5, 0.6) is 0 Å². The zero-order valence-corrected chi connectivity index (χ0v) is 17.7. The minimum absolute atomic E-state index is 0.113. The number of halogens is 1. The summed E-state index contributed by atoms with van der Waals surface area (Å²) in [4.78, 5) is 37.2. The second kappa shape index (κ2) is 8.80. The number of nitrogens with two attached hydrogens (primary N) is 1. The Morgan fingerprint density at radius 2 is 1.81 bits per heavy atom. The molecule has 4 rings (SSSR count). The zero-order valence-electron chi connectivity index (χ0n) is 17.0. The Balaban J connectivity index is 1.76. The van der Waals surface area contributed by atoms with Gasteiger partial charge < -0.3 is 10.6 Å². The zero-order chi connectivity index (χ0) is 22.8. The fourth-order valence-corrected chi connectivity index (χ4v) is 4.03. The van der Waals surface area contributed by atoms with Gasteiger partial charge in [0.15, 0.2) is 0 Å². The van der Waals surface area contributed by atoms with Gasteiger partial charge in [-0.3, -0.25) is 19.7 Å². The van der Waals surface area contributed by atoms with Gasteiger partial charge in [-0.2, -0.15) is 5.10 Å². The maximum absolute atomic E-state index is 13.4. The Bertz CT molecular complexity index is 1200. The molecule has 1 aliphatic rings. The number of piperidine rings is 1. The molecule has 164 valence electrons. The molecule has 2 heterocycles. The molecular weight excluding hydrogens is 434 g/mol. The third kappa shape index (κ3) is 4.19. The van der Waals surface area contributed by atoms with Crippen LogP contribution in [0.1, 0.15) is 23.3 Å². The lowest BCUT2D eigenvalue weighted by Crippen LogP contribution is -2.42. The van der Waals surface area contributed by atoms with Crippen LogP contribution in [-0.2, 0) is 4.79 Å². The molecule has 2 N–H and O–H groups in total. The van der Waals surface area contributed by atoms with Crippen molar-refractivity contribution in [3.8, 4) is 16.9 Å². The monoisotopic (exact) mass is 453 g/mol. The minimum atomic E-state index is -0.502. The molecule has 1 aliphatic heterocycles. The number of non-ortho nitro benzene ring substituents is 1. The maximum Gasteiger partial charge on any atom is 0.272 e. The van der Waals surface area contributed by atoms with E-state index < -0.39 is 4.92 Å². The Morgan fingerprint density at radius 3 is 2.47 bits per heavy atom. The van der Waals surface area contributed by atoms with Gasteiger partial charge in [0, 0.05) is 36.7 Å². The SMILES string of the molecule is NC(=O)C1CCN(C(=O)c2cc(-c3ccccc3Cl)nn2-c2cccc([N+](=O)[O-])c2)CC1. The van der Waals surface area contributed by atoms with Gasteiger partial charge in [-0.05, 0) is 31.0 Å². The van der Waals surface area contributed by atoms with Crippen LogP contribution in [0.4, 0.5) is 5.69 Å². The van der Waals surface area contributed by atoms with E-state index >= 15 is 0 Å². The lowest BCUT2D eigenvalue weighted by atomic mass is 9.96. The molecule has 2 amide bonds. The maximum atomic E-state index is 13.4. The van der Waals surface area contributed by atoms with Crippen LogP contribution in [0, 0.1) is 16.0 Å². The molecule has 32 heavy (non-hydrogen) atoms. The summed E-state index contributed by atoms with van der Waals surface area (Å²) in [5.41, 5.74) is 7.02. The van der Waals surface area contributed by atoms with E-state index in [0.29, 0.717) is 47.9 Å². The molecule has 9 nitrogen and oxygen atoms in total. The summed E-state index contributed by atoms with van der Waals surface area (Å²) in [5, 5.41) is 16.3. The largest absolute Gasteiger partial charge is 0.369 e. The number of hydrogen-bond acceptors (Lipinski definition) is 5. The third-order valence-electron chi connectivity index (χ3n) is 5.55. The van der Waals surface area contributed by atoms with E-state index in [0.717, 1.165) is 0 Å².